The standard InChI is InChI=1S/C23H38O2/c1-4-5-6-7-8-9-10-11-12-13-14-15-16-17-21-18-22(24-2)20-23(19-21)25-3/h7-8,18-20H,4-6,9-17H2,1-3H3/b8-7-. The lowest BCUT2D eigenvalue weighted by Crippen LogP contribution is -1.92. The van der Waals surface area contributed by atoms with Crippen molar-refractivity contribution in [2.45, 2.75) is 84.0 Å². The summed E-state index contributed by atoms with van der Waals surface area (Å²) in [5.74, 6) is 1.77. The van der Waals surface area contributed by atoms with Crippen molar-refractivity contribution in [1.29, 1.82) is 0 Å². The number of unbranched alkanes of at least 4 members (excludes halogenated alkanes) is 9. The van der Waals surface area contributed by atoms with Crippen LogP contribution in [0.2, 0.25) is 0 Å². The van der Waals surface area contributed by atoms with Gasteiger partial charge in [0, 0.05) is 6.07 Å². The van der Waals surface area contributed by atoms with E-state index in [1.54, 1.807) is 14.2 Å². The Bertz CT molecular complexity index is 443. The second-order valence-corrected chi connectivity index (χ2v) is 6.85. The molecule has 0 bridgehead atoms. The lowest BCUT2D eigenvalue weighted by Gasteiger charge is -2.08. The van der Waals surface area contributed by atoms with Crippen LogP contribution in [-0.2, 0) is 6.42 Å². The summed E-state index contributed by atoms with van der Waals surface area (Å²) in [5.41, 5.74) is 1.31. The van der Waals surface area contributed by atoms with Crippen LogP contribution in [0.3, 0.4) is 0 Å². The molecule has 142 valence electrons. The topological polar surface area (TPSA) is 18.5 Å². The van der Waals surface area contributed by atoms with Crippen molar-refractivity contribution in [1.82, 2.24) is 0 Å². The molecule has 0 radical (unpaired) electrons. The lowest BCUT2D eigenvalue weighted by molar-refractivity contribution is 0.393. The highest BCUT2D eigenvalue weighted by atomic mass is 16.5. The lowest BCUT2D eigenvalue weighted by atomic mass is 10.0. The smallest absolute Gasteiger partial charge is 0.122 e. The van der Waals surface area contributed by atoms with Crippen LogP contribution in [0.1, 0.15) is 83.1 Å². The van der Waals surface area contributed by atoms with Crippen molar-refractivity contribution in [2.75, 3.05) is 14.2 Å². The van der Waals surface area contributed by atoms with Gasteiger partial charge in [-0.3, -0.25) is 0 Å². The summed E-state index contributed by atoms with van der Waals surface area (Å²) in [6.45, 7) is 2.25. The van der Waals surface area contributed by atoms with Gasteiger partial charge in [0.15, 0.2) is 0 Å². The predicted molar refractivity (Wildman–Crippen MR) is 109 cm³/mol. The van der Waals surface area contributed by atoms with Gasteiger partial charge >= 0.3 is 0 Å². The van der Waals surface area contributed by atoms with Gasteiger partial charge in [-0.2, -0.15) is 0 Å². The van der Waals surface area contributed by atoms with E-state index in [-0.39, 0.29) is 0 Å². The molecular weight excluding hydrogens is 308 g/mol. The Morgan fingerprint density at radius 1 is 0.680 bits per heavy atom. The van der Waals surface area contributed by atoms with Crippen LogP contribution in [0.4, 0.5) is 0 Å². The van der Waals surface area contributed by atoms with E-state index in [2.05, 4.69) is 31.2 Å². The number of hydrogen-bond donors (Lipinski definition) is 0. The van der Waals surface area contributed by atoms with Gasteiger partial charge in [-0.25, -0.2) is 0 Å². The Kier molecular flexibility index (Phi) is 12.8. The molecule has 0 heterocycles. The van der Waals surface area contributed by atoms with E-state index < -0.39 is 0 Å². The van der Waals surface area contributed by atoms with Gasteiger partial charge in [-0.1, -0.05) is 64.0 Å². The second-order valence-electron chi connectivity index (χ2n) is 6.85. The fraction of sp³-hybridized carbons (Fsp3) is 0.652. The minimum absolute atomic E-state index is 0.887. The van der Waals surface area contributed by atoms with Crippen molar-refractivity contribution in [3.8, 4) is 11.5 Å². The molecule has 0 N–H and O–H groups in total. The first kappa shape index (κ1) is 21.6. The molecule has 0 saturated carbocycles. The third-order valence-corrected chi connectivity index (χ3v) is 4.64. The highest BCUT2D eigenvalue weighted by molar-refractivity contribution is 5.38. The van der Waals surface area contributed by atoms with Crippen LogP contribution in [-0.4, -0.2) is 14.2 Å². The van der Waals surface area contributed by atoms with Crippen molar-refractivity contribution < 1.29 is 9.47 Å². The van der Waals surface area contributed by atoms with E-state index in [1.165, 1.54) is 76.2 Å². The Hall–Kier alpha value is -1.44. The van der Waals surface area contributed by atoms with E-state index in [1.807, 2.05) is 6.07 Å². The number of rotatable bonds is 15. The molecule has 2 nitrogen and oxygen atoms in total. The molecule has 0 amide bonds. The largest absolute Gasteiger partial charge is 0.497 e. The number of aryl methyl sites for hydroxylation is 1. The number of benzene rings is 1. The van der Waals surface area contributed by atoms with Gasteiger partial charge in [0.05, 0.1) is 14.2 Å². The van der Waals surface area contributed by atoms with Crippen LogP contribution in [0.5, 0.6) is 11.5 Å². The van der Waals surface area contributed by atoms with Gasteiger partial charge in [0.2, 0.25) is 0 Å². The highest BCUT2D eigenvalue weighted by Gasteiger charge is 2.02. The molecule has 0 aliphatic carbocycles. The zero-order chi connectivity index (χ0) is 18.2. The molecular formula is C23H38O2. The quantitative estimate of drug-likeness (QED) is 0.249. The van der Waals surface area contributed by atoms with Gasteiger partial charge in [-0.05, 0) is 49.8 Å². The second kappa shape index (κ2) is 14.9. The molecule has 0 unspecified atom stereocenters. The number of methoxy groups -OCH3 is 2. The van der Waals surface area contributed by atoms with E-state index in [4.69, 9.17) is 9.47 Å². The minimum Gasteiger partial charge on any atom is -0.497 e. The normalized spacial score (nSPS) is 11.2. The zero-order valence-corrected chi connectivity index (χ0v) is 16.7. The summed E-state index contributed by atoms with van der Waals surface area (Å²) in [7, 11) is 3.42. The van der Waals surface area contributed by atoms with Crippen LogP contribution >= 0.6 is 0 Å². The van der Waals surface area contributed by atoms with Gasteiger partial charge in [0.1, 0.15) is 11.5 Å². The third-order valence-electron chi connectivity index (χ3n) is 4.64. The third kappa shape index (κ3) is 10.9. The molecule has 0 fully saturated rings. The Morgan fingerprint density at radius 3 is 1.76 bits per heavy atom. The van der Waals surface area contributed by atoms with Crippen molar-refractivity contribution in [3.05, 3.63) is 35.9 Å². The zero-order valence-electron chi connectivity index (χ0n) is 16.7. The van der Waals surface area contributed by atoms with Crippen molar-refractivity contribution in [2.24, 2.45) is 0 Å². The molecule has 0 aromatic heterocycles. The maximum atomic E-state index is 5.33. The Labute approximate surface area is 155 Å². The van der Waals surface area contributed by atoms with Gasteiger partial charge < -0.3 is 9.47 Å². The maximum absolute atomic E-state index is 5.33. The number of hydrogen-bond acceptors (Lipinski definition) is 2. The average molecular weight is 347 g/mol. The van der Waals surface area contributed by atoms with E-state index >= 15 is 0 Å². The van der Waals surface area contributed by atoms with Gasteiger partial charge in [0.25, 0.3) is 0 Å². The molecule has 0 atom stereocenters. The minimum atomic E-state index is 0.887. The molecule has 2 heteroatoms. The SMILES string of the molecule is CCCC/C=C\CCCCCCCCCc1cc(OC)cc(OC)c1. The van der Waals surface area contributed by atoms with E-state index in [0.717, 1.165) is 17.9 Å². The summed E-state index contributed by atoms with van der Waals surface area (Å²) in [6.07, 6.45) is 20.4. The molecule has 0 aliphatic heterocycles. The molecule has 0 aliphatic rings. The Morgan fingerprint density at radius 2 is 1.20 bits per heavy atom. The highest BCUT2D eigenvalue weighted by Crippen LogP contribution is 2.23. The first-order valence-corrected chi connectivity index (χ1v) is 10.2. The predicted octanol–water partition coefficient (Wildman–Crippen LogP) is 7.11. The fourth-order valence-corrected chi connectivity index (χ4v) is 3.04. The first-order valence-electron chi connectivity index (χ1n) is 10.2. The summed E-state index contributed by atoms with van der Waals surface area (Å²) >= 11 is 0. The first-order chi connectivity index (χ1) is 12.3. The average Bonchev–Trinajstić information content (AvgIpc) is 2.65. The summed E-state index contributed by atoms with van der Waals surface area (Å²) < 4.78 is 10.7. The molecule has 1 aromatic rings. The number of ether oxygens (including phenoxy) is 2. The molecule has 0 spiro atoms. The summed E-state index contributed by atoms with van der Waals surface area (Å²) in [4.78, 5) is 0. The molecule has 1 rings (SSSR count). The monoisotopic (exact) mass is 346 g/mol. The van der Waals surface area contributed by atoms with Crippen molar-refractivity contribution in [3.63, 3.8) is 0 Å². The Balaban J connectivity index is 2.01. The van der Waals surface area contributed by atoms with E-state index in [0.29, 0.717) is 0 Å². The summed E-state index contributed by atoms with van der Waals surface area (Å²) in [6, 6.07) is 6.18. The van der Waals surface area contributed by atoms with Crippen LogP contribution in [0.15, 0.2) is 30.4 Å². The van der Waals surface area contributed by atoms with Crippen LogP contribution in [0.25, 0.3) is 0 Å². The maximum Gasteiger partial charge on any atom is 0.122 e. The summed E-state index contributed by atoms with van der Waals surface area (Å²) in [5, 5.41) is 0. The fourth-order valence-electron chi connectivity index (χ4n) is 3.04. The molecule has 25 heavy (non-hydrogen) atoms. The molecule has 0 saturated heterocycles. The van der Waals surface area contributed by atoms with Crippen LogP contribution in [0, 0.1) is 0 Å². The van der Waals surface area contributed by atoms with Crippen molar-refractivity contribution >= 4 is 0 Å². The number of allylic oxidation sites excluding steroid dienone is 2. The van der Waals surface area contributed by atoms with Crippen LogP contribution < -0.4 is 9.47 Å². The van der Waals surface area contributed by atoms with E-state index in [9.17, 15) is 0 Å². The van der Waals surface area contributed by atoms with Gasteiger partial charge in [-0.15, -0.1) is 0 Å². The molecule has 1 aromatic carbocycles.